The first-order chi connectivity index (χ1) is 9.86. The van der Waals surface area contributed by atoms with Crippen LogP contribution in [-0.2, 0) is 9.53 Å². The van der Waals surface area contributed by atoms with Gasteiger partial charge in [-0.15, -0.1) is 0 Å². The van der Waals surface area contributed by atoms with Gasteiger partial charge in [-0.05, 0) is 34.1 Å². The normalized spacial score (nSPS) is 10.3. The van der Waals surface area contributed by atoms with Crippen molar-refractivity contribution < 1.29 is 14.3 Å². The van der Waals surface area contributed by atoms with Crippen molar-refractivity contribution in [3.63, 3.8) is 0 Å². The van der Waals surface area contributed by atoms with Gasteiger partial charge in [0.05, 0.1) is 11.6 Å². The summed E-state index contributed by atoms with van der Waals surface area (Å²) in [4.78, 5) is 27.3. The molecule has 1 aromatic carbocycles. The quantitative estimate of drug-likeness (QED) is 0.764. The summed E-state index contributed by atoms with van der Waals surface area (Å²) in [6.45, 7) is 0.714. The molecule has 0 aromatic heterocycles. The third kappa shape index (κ3) is 5.30. The molecule has 5 nitrogen and oxygen atoms in total. The van der Waals surface area contributed by atoms with Gasteiger partial charge in [-0.3, -0.25) is 9.59 Å². The SMILES string of the molecule is COCCN(CC(=O)N(C)C)C(=O)c1ccc(Cl)c(Br)c1. The van der Waals surface area contributed by atoms with E-state index in [1.165, 1.54) is 9.80 Å². The van der Waals surface area contributed by atoms with Gasteiger partial charge in [-0.2, -0.15) is 0 Å². The average Bonchev–Trinajstić information content (AvgIpc) is 2.45. The Hall–Kier alpha value is -1.11. The van der Waals surface area contributed by atoms with Crippen LogP contribution in [0.5, 0.6) is 0 Å². The van der Waals surface area contributed by atoms with Gasteiger partial charge >= 0.3 is 0 Å². The Kier molecular flexibility index (Phi) is 7.14. The zero-order valence-electron chi connectivity index (χ0n) is 12.2. The summed E-state index contributed by atoms with van der Waals surface area (Å²) in [5, 5.41) is 0.527. The van der Waals surface area contributed by atoms with E-state index < -0.39 is 0 Å². The predicted molar refractivity (Wildman–Crippen MR) is 85.6 cm³/mol. The number of carbonyl (C=O) groups is 2. The second kappa shape index (κ2) is 8.36. The molecule has 116 valence electrons. The molecule has 0 heterocycles. The molecule has 2 amide bonds. The van der Waals surface area contributed by atoms with Crippen LogP contribution in [-0.4, -0.2) is 62.5 Å². The molecule has 0 aliphatic rings. The summed E-state index contributed by atoms with van der Waals surface area (Å²) < 4.78 is 5.63. The molecule has 7 heteroatoms. The second-order valence-corrected chi connectivity index (χ2v) is 5.90. The van der Waals surface area contributed by atoms with E-state index >= 15 is 0 Å². The molecule has 0 N–H and O–H groups in total. The lowest BCUT2D eigenvalue weighted by atomic mass is 10.2. The minimum Gasteiger partial charge on any atom is -0.383 e. The molecule has 0 radical (unpaired) electrons. The van der Waals surface area contributed by atoms with Crippen molar-refractivity contribution in [3.8, 4) is 0 Å². The first-order valence-electron chi connectivity index (χ1n) is 6.30. The van der Waals surface area contributed by atoms with E-state index in [-0.39, 0.29) is 18.4 Å². The Labute approximate surface area is 137 Å². The largest absolute Gasteiger partial charge is 0.383 e. The molecule has 0 fully saturated rings. The summed E-state index contributed by atoms with van der Waals surface area (Å²) in [5.41, 5.74) is 0.467. The number of halogens is 2. The first-order valence-corrected chi connectivity index (χ1v) is 7.47. The first kappa shape index (κ1) is 17.9. The number of hydrogen-bond acceptors (Lipinski definition) is 3. The van der Waals surface area contributed by atoms with Crippen LogP contribution in [0.3, 0.4) is 0 Å². The molecule has 0 aliphatic carbocycles. The molecular formula is C14H18BrClN2O3. The summed E-state index contributed by atoms with van der Waals surface area (Å²) in [6, 6.07) is 4.92. The van der Waals surface area contributed by atoms with E-state index in [1.54, 1.807) is 39.4 Å². The lowest BCUT2D eigenvalue weighted by Crippen LogP contribution is -2.41. The minimum absolute atomic E-state index is 0.00936. The monoisotopic (exact) mass is 376 g/mol. The van der Waals surface area contributed by atoms with Gasteiger partial charge in [-0.25, -0.2) is 0 Å². The Morgan fingerprint density at radius 1 is 1.33 bits per heavy atom. The standard InChI is InChI=1S/C14H18BrClN2O3/c1-17(2)13(19)9-18(6-7-21-3)14(20)10-4-5-12(16)11(15)8-10/h4-5,8H,6-7,9H2,1-3H3. The topological polar surface area (TPSA) is 49.9 Å². The molecule has 21 heavy (non-hydrogen) atoms. The average molecular weight is 378 g/mol. The van der Waals surface area contributed by atoms with Gasteiger partial charge in [-0.1, -0.05) is 11.6 Å². The van der Waals surface area contributed by atoms with Crippen molar-refractivity contribution in [2.24, 2.45) is 0 Å². The molecule has 0 saturated heterocycles. The number of carbonyl (C=O) groups excluding carboxylic acids is 2. The molecule has 0 spiro atoms. The van der Waals surface area contributed by atoms with E-state index in [0.717, 1.165) is 0 Å². The summed E-state index contributed by atoms with van der Waals surface area (Å²) in [7, 11) is 4.86. The molecule has 1 rings (SSSR count). The van der Waals surface area contributed by atoms with Gasteiger partial charge < -0.3 is 14.5 Å². The van der Waals surface area contributed by atoms with Crippen LogP contribution in [0.2, 0.25) is 5.02 Å². The number of methoxy groups -OCH3 is 1. The van der Waals surface area contributed by atoms with Crippen molar-refractivity contribution in [2.45, 2.75) is 0 Å². The lowest BCUT2D eigenvalue weighted by molar-refractivity contribution is -0.129. The Morgan fingerprint density at radius 3 is 2.52 bits per heavy atom. The molecule has 0 unspecified atom stereocenters. The van der Waals surface area contributed by atoms with Crippen LogP contribution in [0, 0.1) is 0 Å². The van der Waals surface area contributed by atoms with Crippen molar-refractivity contribution in [2.75, 3.05) is 40.9 Å². The molecule has 0 aliphatic heterocycles. The fourth-order valence-corrected chi connectivity index (χ4v) is 2.07. The highest BCUT2D eigenvalue weighted by Crippen LogP contribution is 2.23. The number of ether oxygens (including phenoxy) is 1. The van der Waals surface area contributed by atoms with Gasteiger partial charge in [0.1, 0.15) is 6.54 Å². The van der Waals surface area contributed by atoms with Gasteiger partial charge in [0.15, 0.2) is 0 Å². The van der Waals surface area contributed by atoms with Crippen molar-refractivity contribution in [3.05, 3.63) is 33.3 Å². The Morgan fingerprint density at radius 2 is 2.00 bits per heavy atom. The number of hydrogen-bond donors (Lipinski definition) is 0. The number of likely N-dealkylation sites (N-methyl/N-ethyl adjacent to an activating group) is 1. The van der Waals surface area contributed by atoms with Crippen molar-refractivity contribution in [1.29, 1.82) is 0 Å². The predicted octanol–water partition coefficient (Wildman–Crippen LogP) is 2.28. The zero-order chi connectivity index (χ0) is 16.0. The van der Waals surface area contributed by atoms with Crippen LogP contribution in [0.4, 0.5) is 0 Å². The fraction of sp³-hybridized carbons (Fsp3) is 0.429. The van der Waals surface area contributed by atoms with E-state index in [1.807, 2.05) is 0 Å². The Bertz CT molecular complexity index is 523. The summed E-state index contributed by atoms with van der Waals surface area (Å²) >= 11 is 9.21. The highest BCUT2D eigenvalue weighted by atomic mass is 79.9. The van der Waals surface area contributed by atoms with Gasteiger partial charge in [0, 0.05) is 37.8 Å². The maximum absolute atomic E-state index is 12.5. The lowest BCUT2D eigenvalue weighted by Gasteiger charge is -2.23. The third-order valence-electron chi connectivity index (χ3n) is 2.84. The van der Waals surface area contributed by atoms with Crippen LogP contribution < -0.4 is 0 Å². The molecule has 0 atom stereocenters. The number of benzene rings is 1. The minimum atomic E-state index is -0.236. The smallest absolute Gasteiger partial charge is 0.254 e. The van der Waals surface area contributed by atoms with Gasteiger partial charge in [0.2, 0.25) is 5.91 Å². The van der Waals surface area contributed by atoms with E-state index in [2.05, 4.69) is 15.9 Å². The number of nitrogens with zero attached hydrogens (tertiary/aromatic N) is 2. The van der Waals surface area contributed by atoms with Crippen LogP contribution in [0.1, 0.15) is 10.4 Å². The van der Waals surface area contributed by atoms with Crippen LogP contribution >= 0.6 is 27.5 Å². The van der Waals surface area contributed by atoms with Gasteiger partial charge in [0.25, 0.3) is 5.91 Å². The van der Waals surface area contributed by atoms with Crippen molar-refractivity contribution >= 4 is 39.3 Å². The fourth-order valence-electron chi connectivity index (χ4n) is 1.57. The number of amides is 2. The number of rotatable bonds is 6. The van der Waals surface area contributed by atoms with Crippen LogP contribution in [0.15, 0.2) is 22.7 Å². The molecule has 0 saturated carbocycles. The maximum atomic E-state index is 12.5. The highest BCUT2D eigenvalue weighted by molar-refractivity contribution is 9.10. The highest BCUT2D eigenvalue weighted by Gasteiger charge is 2.20. The second-order valence-electron chi connectivity index (χ2n) is 4.64. The van der Waals surface area contributed by atoms with E-state index in [4.69, 9.17) is 16.3 Å². The zero-order valence-corrected chi connectivity index (χ0v) is 14.6. The third-order valence-corrected chi connectivity index (χ3v) is 4.06. The van der Waals surface area contributed by atoms with Crippen molar-refractivity contribution in [1.82, 2.24) is 9.80 Å². The Balaban J connectivity index is 2.92. The summed E-state index contributed by atoms with van der Waals surface area (Å²) in [6.07, 6.45) is 0. The molecular weight excluding hydrogens is 360 g/mol. The van der Waals surface area contributed by atoms with E-state index in [9.17, 15) is 9.59 Å². The summed E-state index contributed by atoms with van der Waals surface area (Å²) in [5.74, 6) is -0.382. The molecule has 1 aromatic rings. The van der Waals surface area contributed by atoms with Crippen LogP contribution in [0.25, 0.3) is 0 Å². The molecule has 0 bridgehead atoms. The van der Waals surface area contributed by atoms with E-state index in [0.29, 0.717) is 28.2 Å². The maximum Gasteiger partial charge on any atom is 0.254 e.